The number of hydrogen-bond acceptors (Lipinski definition) is 5. The van der Waals surface area contributed by atoms with E-state index in [0.29, 0.717) is 27.9 Å². The number of nitrogens with one attached hydrogen (secondary N) is 4. The van der Waals surface area contributed by atoms with Gasteiger partial charge in [0.25, 0.3) is 5.92 Å². The highest BCUT2D eigenvalue weighted by Crippen LogP contribution is 2.56. The molecule has 11 heteroatoms. The predicted molar refractivity (Wildman–Crippen MR) is 202 cm³/mol. The fourth-order valence-electron chi connectivity index (χ4n) is 9.91. The van der Waals surface area contributed by atoms with E-state index in [2.05, 4.69) is 26.7 Å². The Bertz CT molecular complexity index is 2340. The van der Waals surface area contributed by atoms with Crippen molar-refractivity contribution < 1.29 is 23.1 Å². The Hall–Kier alpha value is -5.03. The maximum atomic E-state index is 16.4. The van der Waals surface area contributed by atoms with Crippen LogP contribution in [-0.2, 0) is 15.5 Å². The van der Waals surface area contributed by atoms with E-state index in [1.165, 1.54) is 20.0 Å². The van der Waals surface area contributed by atoms with Crippen molar-refractivity contribution in [2.75, 3.05) is 13.7 Å². The largest absolute Gasteiger partial charge is 0.453 e. The molecule has 2 aromatic heterocycles. The molecule has 3 aromatic carbocycles. The van der Waals surface area contributed by atoms with Crippen LogP contribution in [0.3, 0.4) is 0 Å². The second kappa shape index (κ2) is 12.0. The number of piperidine rings is 1. The Morgan fingerprint density at radius 1 is 0.926 bits per heavy atom. The number of carbonyl (C=O) groups is 2. The summed E-state index contributed by atoms with van der Waals surface area (Å²) in [6, 6.07) is 20.0. The molecule has 4 N–H and O–H groups in total. The quantitative estimate of drug-likeness (QED) is 0.134. The number of alkyl halides is 2. The molecule has 3 aliphatic carbocycles. The highest BCUT2D eigenvalue weighted by atomic mass is 19.3. The molecule has 1 spiro atoms. The molecule has 5 aliphatic rings. The molecule has 2 aliphatic heterocycles. The van der Waals surface area contributed by atoms with Crippen LogP contribution in [0.15, 0.2) is 66.7 Å². The van der Waals surface area contributed by atoms with Crippen molar-refractivity contribution in [3.63, 3.8) is 0 Å². The van der Waals surface area contributed by atoms with Crippen LogP contribution in [0.1, 0.15) is 87.1 Å². The van der Waals surface area contributed by atoms with E-state index in [1.54, 1.807) is 12.1 Å². The second-order valence-corrected chi connectivity index (χ2v) is 16.7. The summed E-state index contributed by atoms with van der Waals surface area (Å²) in [5, 5.41) is 6.38. The van der Waals surface area contributed by atoms with Crippen molar-refractivity contribution in [1.29, 1.82) is 0 Å². The third-order valence-electron chi connectivity index (χ3n) is 13.1. The molecular formula is C43H44F2N6O3. The molecule has 2 saturated heterocycles. The number of carbonyl (C=O) groups excluding carboxylic acids is 2. The van der Waals surface area contributed by atoms with Gasteiger partial charge in [0.2, 0.25) is 5.91 Å². The van der Waals surface area contributed by atoms with Gasteiger partial charge in [-0.05, 0) is 120 Å². The first-order chi connectivity index (χ1) is 26.0. The standard InChI is InChI=1S/C43H44F2N6O3/c1-22(2)37(50-41(53)54-3)40(52)51-27-8-4-26(16-27)38(51)39-48-33-11-7-24(19-35(33)49-39)23-5-9-28-29-10-6-25(18-31(29)43(44,45)30(28)17-23)32-12-13-34(47-32)36-20-42(14-15-42)21-46-36/h5-7,9-13,17-19,22,26-27,36-38,46-47H,4,8,14-16,20-21H2,1-3H3,(H,48,49)(H,50,53)/t26-,27-,36+,37+,38+/m1/s1. The highest BCUT2D eigenvalue weighted by Gasteiger charge is 2.52. The zero-order chi connectivity index (χ0) is 37.1. The van der Waals surface area contributed by atoms with Gasteiger partial charge in [-0.25, -0.2) is 9.78 Å². The van der Waals surface area contributed by atoms with E-state index in [-0.39, 0.29) is 47.0 Å². The van der Waals surface area contributed by atoms with Crippen molar-refractivity contribution in [3.8, 4) is 33.5 Å². The monoisotopic (exact) mass is 730 g/mol. The fourth-order valence-corrected chi connectivity index (χ4v) is 9.91. The summed E-state index contributed by atoms with van der Waals surface area (Å²) in [5.74, 6) is -2.46. The van der Waals surface area contributed by atoms with E-state index in [4.69, 9.17) is 9.72 Å². The summed E-state index contributed by atoms with van der Waals surface area (Å²) in [7, 11) is 1.29. The summed E-state index contributed by atoms with van der Waals surface area (Å²) in [5.41, 5.74) is 7.33. The van der Waals surface area contributed by atoms with E-state index in [1.807, 2.05) is 67.3 Å². The molecule has 10 rings (SSSR count). The maximum absolute atomic E-state index is 16.4. The number of aromatic amines is 2. The van der Waals surface area contributed by atoms with Gasteiger partial charge >= 0.3 is 6.09 Å². The van der Waals surface area contributed by atoms with Crippen LogP contribution in [0.2, 0.25) is 0 Å². The number of halogens is 2. The molecule has 5 aromatic rings. The number of amides is 2. The predicted octanol–water partition coefficient (Wildman–Crippen LogP) is 8.59. The van der Waals surface area contributed by atoms with Gasteiger partial charge in [0.15, 0.2) is 0 Å². The molecule has 2 amide bonds. The van der Waals surface area contributed by atoms with E-state index < -0.39 is 18.1 Å². The van der Waals surface area contributed by atoms with Crippen molar-refractivity contribution in [3.05, 3.63) is 89.4 Å². The number of alkyl carbamates (subject to hydrolysis) is 1. The third-order valence-corrected chi connectivity index (χ3v) is 13.1. The van der Waals surface area contributed by atoms with E-state index >= 15 is 8.78 Å². The van der Waals surface area contributed by atoms with Gasteiger partial charge in [-0.1, -0.05) is 44.2 Å². The van der Waals surface area contributed by atoms with Crippen LogP contribution in [0.5, 0.6) is 0 Å². The molecular weight excluding hydrogens is 687 g/mol. The molecule has 4 fully saturated rings. The molecule has 54 heavy (non-hydrogen) atoms. The van der Waals surface area contributed by atoms with Crippen molar-refractivity contribution >= 4 is 23.0 Å². The number of likely N-dealkylation sites (tertiary alicyclic amines) is 1. The minimum atomic E-state index is -3.16. The van der Waals surface area contributed by atoms with Crippen LogP contribution in [-0.4, -0.2) is 57.6 Å². The number of hydrogen-bond donors (Lipinski definition) is 4. The van der Waals surface area contributed by atoms with Gasteiger partial charge in [0.1, 0.15) is 11.9 Å². The SMILES string of the molecule is COC(=O)N[C@H](C(=O)N1[C@@H]2CC[C@H](C2)[C@H]1c1nc2ccc(-c3ccc4c(c3)C(F)(F)c3cc(-c5ccc([C@@H]6CC7(CC7)CN6)[nH]5)ccc3-4)cc2[nH]1)C(C)C. The number of fused-ring (bicyclic) bond motifs is 6. The molecule has 0 radical (unpaired) electrons. The van der Waals surface area contributed by atoms with E-state index in [0.717, 1.165) is 65.8 Å². The Kier molecular flexibility index (Phi) is 7.44. The lowest BCUT2D eigenvalue weighted by atomic mass is 9.95. The van der Waals surface area contributed by atoms with Crippen LogP contribution >= 0.6 is 0 Å². The molecule has 2 saturated carbocycles. The lowest BCUT2D eigenvalue weighted by molar-refractivity contribution is -0.139. The Labute approximate surface area is 312 Å². The Balaban J connectivity index is 0.921. The number of H-pyrrole nitrogens is 2. The number of methoxy groups -OCH3 is 1. The Morgan fingerprint density at radius 3 is 2.37 bits per heavy atom. The number of aromatic nitrogens is 3. The van der Waals surface area contributed by atoms with Gasteiger partial charge < -0.3 is 30.2 Å². The van der Waals surface area contributed by atoms with E-state index in [9.17, 15) is 9.59 Å². The second-order valence-electron chi connectivity index (χ2n) is 16.7. The van der Waals surface area contributed by atoms with Gasteiger partial charge in [-0.15, -0.1) is 0 Å². The molecule has 4 heterocycles. The summed E-state index contributed by atoms with van der Waals surface area (Å²) in [6.07, 6.45) is 5.86. The summed E-state index contributed by atoms with van der Waals surface area (Å²) >= 11 is 0. The number of rotatable bonds is 7. The van der Waals surface area contributed by atoms with Crippen LogP contribution in [0.25, 0.3) is 44.5 Å². The van der Waals surface area contributed by atoms with Crippen molar-refractivity contribution in [1.82, 2.24) is 30.5 Å². The van der Waals surface area contributed by atoms with Crippen molar-refractivity contribution in [2.45, 2.75) is 82.5 Å². The van der Waals surface area contributed by atoms with Crippen LogP contribution < -0.4 is 10.6 Å². The molecule has 0 unspecified atom stereocenters. The first-order valence-corrected chi connectivity index (χ1v) is 19.3. The van der Waals surface area contributed by atoms with Gasteiger partial charge in [0.05, 0.1) is 24.2 Å². The zero-order valence-corrected chi connectivity index (χ0v) is 30.6. The summed E-state index contributed by atoms with van der Waals surface area (Å²) in [6.45, 7) is 4.86. The minimum absolute atomic E-state index is 0.00557. The molecule has 5 atom stereocenters. The summed E-state index contributed by atoms with van der Waals surface area (Å²) < 4.78 is 37.6. The fraction of sp³-hybridized carbons (Fsp3) is 0.419. The molecule has 9 nitrogen and oxygen atoms in total. The number of imidazole rings is 1. The number of benzene rings is 3. The lowest BCUT2D eigenvalue weighted by Crippen LogP contribution is -2.54. The molecule has 278 valence electrons. The zero-order valence-electron chi connectivity index (χ0n) is 30.6. The maximum Gasteiger partial charge on any atom is 0.407 e. The number of ether oxygens (including phenoxy) is 1. The topological polar surface area (TPSA) is 115 Å². The molecule has 2 bridgehead atoms. The first-order valence-electron chi connectivity index (χ1n) is 19.3. The average Bonchev–Trinajstić information content (AvgIpc) is 3.83. The highest BCUT2D eigenvalue weighted by molar-refractivity contribution is 5.88. The van der Waals surface area contributed by atoms with Crippen LogP contribution in [0, 0.1) is 17.3 Å². The Morgan fingerprint density at radius 2 is 1.65 bits per heavy atom. The lowest BCUT2D eigenvalue weighted by Gasteiger charge is -2.37. The van der Waals surface area contributed by atoms with Gasteiger partial charge in [-0.2, -0.15) is 8.78 Å². The number of nitrogens with zero attached hydrogens (tertiary/aromatic N) is 2. The third kappa shape index (κ3) is 5.21. The average molecular weight is 731 g/mol. The minimum Gasteiger partial charge on any atom is -0.453 e. The smallest absolute Gasteiger partial charge is 0.407 e. The normalized spacial score (nSPS) is 24.7. The van der Waals surface area contributed by atoms with Crippen molar-refractivity contribution in [2.24, 2.45) is 17.3 Å². The first kappa shape index (κ1) is 33.5. The summed E-state index contributed by atoms with van der Waals surface area (Å²) in [4.78, 5) is 40.0. The van der Waals surface area contributed by atoms with Gasteiger partial charge in [0, 0.05) is 41.1 Å². The van der Waals surface area contributed by atoms with Crippen LogP contribution in [0.4, 0.5) is 13.6 Å². The van der Waals surface area contributed by atoms with Gasteiger partial charge in [-0.3, -0.25) is 4.79 Å².